The predicted molar refractivity (Wildman–Crippen MR) is 77.7 cm³/mol. The van der Waals surface area contributed by atoms with Gasteiger partial charge in [0.15, 0.2) is 0 Å². The molecule has 0 fully saturated rings. The van der Waals surface area contributed by atoms with Crippen LogP contribution in [0.25, 0.3) is 0 Å². The smallest absolute Gasteiger partial charge is 0.311 e. The Morgan fingerprint density at radius 1 is 1.26 bits per heavy atom. The van der Waals surface area contributed by atoms with Gasteiger partial charge in [0, 0.05) is 17.0 Å². The van der Waals surface area contributed by atoms with Crippen LogP contribution in [0.1, 0.15) is 22.4 Å². The Kier molecular flexibility index (Phi) is 4.24. The number of nitrogens with one attached hydrogen (secondary N) is 1. The number of nitriles is 1. The lowest BCUT2D eigenvalue weighted by atomic mass is 10.1. The van der Waals surface area contributed by atoms with Gasteiger partial charge in [-0.15, -0.1) is 0 Å². The van der Waals surface area contributed by atoms with Crippen LogP contribution in [-0.4, -0.2) is 16.5 Å². The molecule has 1 aromatic carbocycles. The minimum absolute atomic E-state index is 0.0180. The van der Waals surface area contributed by atoms with Crippen LogP contribution in [0.2, 0.25) is 0 Å². The van der Waals surface area contributed by atoms with Crippen LogP contribution >= 0.6 is 11.8 Å². The number of halogens is 3. The van der Waals surface area contributed by atoms with Crippen molar-refractivity contribution in [2.75, 3.05) is 6.54 Å². The van der Waals surface area contributed by atoms with Crippen molar-refractivity contribution < 1.29 is 13.2 Å². The molecule has 0 atom stereocenters. The maximum Gasteiger partial charge on any atom is 0.417 e. The number of nitrogens with zero attached hydrogens (tertiary/aromatic N) is 3. The van der Waals surface area contributed by atoms with Crippen LogP contribution in [0.5, 0.6) is 0 Å². The molecule has 0 spiro atoms. The van der Waals surface area contributed by atoms with Crippen molar-refractivity contribution in [3.63, 3.8) is 0 Å². The summed E-state index contributed by atoms with van der Waals surface area (Å²) in [6.45, 7) is 1.33. The number of hydrogen-bond donors (Lipinski definition) is 1. The van der Waals surface area contributed by atoms with E-state index >= 15 is 0 Å². The molecule has 0 saturated carbocycles. The van der Waals surface area contributed by atoms with Crippen molar-refractivity contribution in [1.29, 1.82) is 5.26 Å². The normalized spacial score (nSPS) is 14.2. The Balaban J connectivity index is 2.03. The van der Waals surface area contributed by atoms with E-state index in [0.717, 1.165) is 35.6 Å². The van der Waals surface area contributed by atoms with Gasteiger partial charge in [-0.05, 0) is 31.2 Å². The second-order valence-corrected chi connectivity index (χ2v) is 5.98. The molecule has 0 unspecified atom stereocenters. The second-order valence-electron chi connectivity index (χ2n) is 4.95. The summed E-state index contributed by atoms with van der Waals surface area (Å²) in [7, 11) is 0. The minimum Gasteiger partial charge on any atom is -0.311 e. The van der Waals surface area contributed by atoms with Gasteiger partial charge in [0.05, 0.1) is 22.9 Å². The van der Waals surface area contributed by atoms with Crippen LogP contribution in [-0.2, 0) is 19.1 Å². The van der Waals surface area contributed by atoms with Crippen molar-refractivity contribution in [3.8, 4) is 6.07 Å². The summed E-state index contributed by atoms with van der Waals surface area (Å²) >= 11 is 0.967. The van der Waals surface area contributed by atoms with Crippen molar-refractivity contribution in [3.05, 3.63) is 46.9 Å². The monoisotopic (exact) mass is 336 g/mol. The number of alkyl halides is 3. The molecule has 3 rings (SSSR count). The first-order valence-corrected chi connectivity index (χ1v) is 7.63. The molecule has 0 amide bonds. The fraction of sp³-hybridized carbons (Fsp3) is 0.267. The van der Waals surface area contributed by atoms with Crippen LogP contribution in [0.3, 0.4) is 0 Å². The largest absolute Gasteiger partial charge is 0.417 e. The van der Waals surface area contributed by atoms with Gasteiger partial charge in [-0.1, -0.05) is 11.8 Å². The van der Waals surface area contributed by atoms with Gasteiger partial charge in [-0.2, -0.15) is 18.4 Å². The average Bonchev–Trinajstić information content (AvgIpc) is 2.54. The van der Waals surface area contributed by atoms with Gasteiger partial charge in [-0.25, -0.2) is 9.97 Å². The van der Waals surface area contributed by atoms with Crippen LogP contribution in [0.15, 0.2) is 34.4 Å². The van der Waals surface area contributed by atoms with Gasteiger partial charge in [0.25, 0.3) is 0 Å². The molecular formula is C15H11F3N4S. The Labute approximate surface area is 134 Å². The molecule has 1 N–H and O–H groups in total. The third-order valence-electron chi connectivity index (χ3n) is 3.46. The third-order valence-corrected chi connectivity index (χ3v) is 4.58. The van der Waals surface area contributed by atoms with E-state index in [-0.39, 0.29) is 10.5 Å². The van der Waals surface area contributed by atoms with E-state index in [1.165, 1.54) is 18.5 Å². The summed E-state index contributed by atoms with van der Waals surface area (Å²) in [4.78, 5) is 8.35. The summed E-state index contributed by atoms with van der Waals surface area (Å²) in [5, 5.41) is 12.5. The quantitative estimate of drug-likeness (QED) is 0.854. The molecular weight excluding hydrogens is 325 g/mol. The number of fused-ring (bicyclic) bond motifs is 1. The standard InChI is InChI=1S/C15H11F3N4S/c16-15(17,18)11-5-9(6-19)1-2-13(11)23-14-10-3-4-20-7-12(10)21-8-22-14/h1-2,5,8,20H,3-4,7H2. The van der Waals surface area contributed by atoms with Crippen LogP contribution in [0, 0.1) is 11.3 Å². The Bertz CT molecular complexity index is 783. The van der Waals surface area contributed by atoms with E-state index in [9.17, 15) is 13.2 Å². The molecule has 0 aliphatic carbocycles. The van der Waals surface area contributed by atoms with Gasteiger partial charge in [0.2, 0.25) is 0 Å². The van der Waals surface area contributed by atoms with Gasteiger partial charge in [0.1, 0.15) is 11.4 Å². The van der Waals surface area contributed by atoms with Crippen molar-refractivity contribution >= 4 is 11.8 Å². The summed E-state index contributed by atoms with van der Waals surface area (Å²) in [6.07, 6.45) is -2.48. The fourth-order valence-corrected chi connectivity index (χ4v) is 3.43. The molecule has 1 aliphatic rings. The highest BCUT2D eigenvalue weighted by Crippen LogP contribution is 2.40. The lowest BCUT2D eigenvalue weighted by molar-refractivity contribution is -0.139. The highest BCUT2D eigenvalue weighted by molar-refractivity contribution is 7.99. The Morgan fingerprint density at radius 3 is 2.83 bits per heavy atom. The zero-order chi connectivity index (χ0) is 16.4. The van der Waals surface area contributed by atoms with Crippen molar-refractivity contribution in [2.45, 2.75) is 29.1 Å². The van der Waals surface area contributed by atoms with Crippen LogP contribution < -0.4 is 5.32 Å². The van der Waals surface area contributed by atoms with Gasteiger partial charge >= 0.3 is 6.18 Å². The highest BCUT2D eigenvalue weighted by atomic mass is 32.2. The zero-order valence-electron chi connectivity index (χ0n) is 11.8. The van der Waals surface area contributed by atoms with Crippen LogP contribution in [0.4, 0.5) is 13.2 Å². The zero-order valence-corrected chi connectivity index (χ0v) is 12.6. The molecule has 4 nitrogen and oxygen atoms in total. The molecule has 2 aromatic rings. The van der Waals surface area contributed by atoms with E-state index < -0.39 is 11.7 Å². The highest BCUT2D eigenvalue weighted by Gasteiger charge is 2.34. The number of benzene rings is 1. The SMILES string of the molecule is N#Cc1ccc(Sc2ncnc3c2CCNC3)c(C(F)(F)F)c1. The molecule has 0 bridgehead atoms. The van der Waals surface area contributed by atoms with E-state index in [4.69, 9.17) is 5.26 Å². The van der Waals surface area contributed by atoms with E-state index in [2.05, 4.69) is 15.3 Å². The summed E-state index contributed by atoms with van der Waals surface area (Å²) in [5.74, 6) is 0. The molecule has 118 valence electrons. The first kappa shape index (κ1) is 15.8. The molecule has 1 aromatic heterocycles. The topological polar surface area (TPSA) is 61.6 Å². The molecule has 2 heterocycles. The maximum absolute atomic E-state index is 13.2. The number of aromatic nitrogens is 2. The summed E-state index contributed by atoms with van der Waals surface area (Å²) in [5.41, 5.74) is 0.864. The fourth-order valence-electron chi connectivity index (χ4n) is 2.36. The molecule has 8 heteroatoms. The Morgan fingerprint density at radius 2 is 2.09 bits per heavy atom. The van der Waals surface area contributed by atoms with E-state index in [1.54, 1.807) is 6.07 Å². The Hall–Kier alpha value is -2.11. The van der Waals surface area contributed by atoms with Crippen molar-refractivity contribution in [2.24, 2.45) is 0 Å². The van der Waals surface area contributed by atoms with Gasteiger partial charge < -0.3 is 5.32 Å². The van der Waals surface area contributed by atoms with Crippen molar-refractivity contribution in [1.82, 2.24) is 15.3 Å². The lowest BCUT2D eigenvalue weighted by Crippen LogP contribution is -2.25. The van der Waals surface area contributed by atoms with E-state index in [0.29, 0.717) is 18.0 Å². The maximum atomic E-state index is 13.2. The van der Waals surface area contributed by atoms with Gasteiger partial charge in [-0.3, -0.25) is 0 Å². The van der Waals surface area contributed by atoms with E-state index in [1.807, 2.05) is 0 Å². The average molecular weight is 336 g/mol. The minimum atomic E-state index is -4.52. The molecule has 0 saturated heterocycles. The second kappa shape index (κ2) is 6.18. The lowest BCUT2D eigenvalue weighted by Gasteiger charge is -2.19. The number of hydrogen-bond acceptors (Lipinski definition) is 5. The summed E-state index contributed by atoms with van der Waals surface area (Å²) in [6, 6.07) is 5.31. The third kappa shape index (κ3) is 3.30. The number of rotatable bonds is 2. The molecule has 0 radical (unpaired) electrons. The predicted octanol–water partition coefficient (Wildman–Crippen LogP) is 3.16. The summed E-state index contributed by atoms with van der Waals surface area (Å²) < 4.78 is 39.7. The first-order chi connectivity index (χ1) is 11.0. The molecule has 23 heavy (non-hydrogen) atoms. The molecule has 1 aliphatic heterocycles. The first-order valence-electron chi connectivity index (χ1n) is 6.81.